The van der Waals surface area contributed by atoms with Crippen LogP contribution < -0.4 is 16.0 Å². The molecule has 0 unspecified atom stereocenters. The molecule has 0 aliphatic rings. The quantitative estimate of drug-likeness (QED) is 0.0482. The lowest BCUT2D eigenvalue weighted by atomic mass is 10.0. The van der Waals surface area contributed by atoms with Crippen LogP contribution in [0.4, 0.5) is 0 Å². The summed E-state index contributed by atoms with van der Waals surface area (Å²) in [6.45, 7) is 11.4. The zero-order valence-corrected chi connectivity index (χ0v) is 30.1. The summed E-state index contributed by atoms with van der Waals surface area (Å²) in [4.78, 5) is 0. The molecule has 0 aliphatic carbocycles. The van der Waals surface area contributed by atoms with Gasteiger partial charge in [-0.15, -0.1) is 0 Å². The number of rotatable bonds is 39. The molecule has 258 valence electrons. The average molecular weight is 606 g/mol. The third kappa shape index (κ3) is 41.6. The number of hydrogen-bond acceptors (Lipinski definition) is 3. The molecule has 0 fully saturated rings. The summed E-state index contributed by atoms with van der Waals surface area (Å²) in [5.74, 6) is 0. The number of allylic oxidation sites excluding steroid dienone is 2. The highest BCUT2D eigenvalue weighted by Gasteiger charge is 1.96. The fourth-order valence-electron chi connectivity index (χ4n) is 6.02. The minimum atomic E-state index is 1.09. The molecular weight excluding hydrogens is 522 g/mol. The van der Waals surface area contributed by atoms with E-state index >= 15 is 0 Å². The van der Waals surface area contributed by atoms with E-state index in [0.29, 0.717) is 0 Å². The first-order valence-electron chi connectivity index (χ1n) is 20.2. The van der Waals surface area contributed by atoms with Gasteiger partial charge in [-0.25, -0.2) is 0 Å². The van der Waals surface area contributed by atoms with Gasteiger partial charge in [0.05, 0.1) is 0 Å². The van der Waals surface area contributed by atoms with E-state index in [2.05, 4.69) is 41.9 Å². The summed E-state index contributed by atoms with van der Waals surface area (Å²) >= 11 is 0. The van der Waals surface area contributed by atoms with Crippen molar-refractivity contribution in [2.24, 2.45) is 0 Å². The van der Waals surface area contributed by atoms with Crippen molar-refractivity contribution in [3.05, 3.63) is 12.2 Å². The molecule has 3 heteroatoms. The van der Waals surface area contributed by atoms with Gasteiger partial charge in [0.1, 0.15) is 0 Å². The molecule has 0 spiro atoms. The molecule has 0 saturated carbocycles. The van der Waals surface area contributed by atoms with Gasteiger partial charge in [0.15, 0.2) is 0 Å². The lowest BCUT2D eigenvalue weighted by molar-refractivity contribution is 0.521. The van der Waals surface area contributed by atoms with Crippen molar-refractivity contribution in [1.82, 2.24) is 16.0 Å². The molecule has 3 N–H and O–H groups in total. The van der Waals surface area contributed by atoms with Crippen molar-refractivity contribution >= 4 is 0 Å². The van der Waals surface area contributed by atoms with Gasteiger partial charge in [-0.2, -0.15) is 0 Å². The summed E-state index contributed by atoms with van der Waals surface area (Å²) in [7, 11) is 0. The Hall–Kier alpha value is -0.380. The Morgan fingerprint density at radius 2 is 0.488 bits per heavy atom. The molecule has 3 nitrogen and oxygen atoms in total. The Kier molecular flexibility index (Phi) is 41.3. The Labute approximate surface area is 273 Å². The van der Waals surface area contributed by atoms with Gasteiger partial charge < -0.3 is 16.0 Å². The fourth-order valence-corrected chi connectivity index (χ4v) is 6.02. The summed E-state index contributed by atoms with van der Waals surface area (Å²) in [5.41, 5.74) is 0. The van der Waals surface area contributed by atoms with Crippen LogP contribution in [0.3, 0.4) is 0 Å². The summed E-state index contributed by atoms with van der Waals surface area (Å²) in [6, 6.07) is 0. The van der Waals surface area contributed by atoms with Gasteiger partial charge in [0.2, 0.25) is 0 Å². The topological polar surface area (TPSA) is 36.1 Å². The smallest absolute Gasteiger partial charge is 0.00772 e. The van der Waals surface area contributed by atoms with Crippen molar-refractivity contribution in [2.75, 3.05) is 39.3 Å². The average Bonchev–Trinajstić information content (AvgIpc) is 3.02. The second-order valence-corrected chi connectivity index (χ2v) is 13.5. The fraction of sp³-hybridized carbons (Fsp3) is 0.950. The van der Waals surface area contributed by atoms with Gasteiger partial charge in [0.25, 0.3) is 0 Å². The van der Waals surface area contributed by atoms with E-state index in [0.717, 1.165) is 26.2 Å². The molecule has 0 aromatic carbocycles. The molecule has 0 rings (SSSR count). The largest absolute Gasteiger partial charge is 0.315 e. The predicted molar refractivity (Wildman–Crippen MR) is 198 cm³/mol. The van der Waals surface area contributed by atoms with E-state index in [4.69, 9.17) is 0 Å². The van der Waals surface area contributed by atoms with Crippen LogP contribution in [0.25, 0.3) is 0 Å². The van der Waals surface area contributed by atoms with Crippen LogP contribution in [0.2, 0.25) is 0 Å². The molecule has 0 saturated heterocycles. The lowest BCUT2D eigenvalue weighted by Crippen LogP contribution is -2.33. The Bertz CT molecular complexity index is 492. The Balaban J connectivity index is 3.06. The highest BCUT2D eigenvalue weighted by molar-refractivity contribution is 4.81. The van der Waals surface area contributed by atoms with Crippen molar-refractivity contribution < 1.29 is 0 Å². The van der Waals surface area contributed by atoms with Crippen LogP contribution in [0, 0.1) is 0 Å². The zero-order chi connectivity index (χ0) is 31.0. The number of hydrogen-bond donors (Lipinski definition) is 3. The summed E-state index contributed by atoms with van der Waals surface area (Å²) in [5, 5.41) is 10.8. The van der Waals surface area contributed by atoms with E-state index in [9.17, 15) is 0 Å². The van der Waals surface area contributed by atoms with Crippen LogP contribution in [0.15, 0.2) is 12.2 Å². The monoisotopic (exact) mass is 606 g/mol. The van der Waals surface area contributed by atoms with Crippen LogP contribution >= 0.6 is 0 Å². The molecule has 0 aliphatic heterocycles. The molecule has 43 heavy (non-hydrogen) atoms. The van der Waals surface area contributed by atoms with E-state index in [1.165, 1.54) is 206 Å². The normalized spacial score (nSPS) is 11.8. The molecular formula is C40H83N3. The Morgan fingerprint density at radius 3 is 0.791 bits per heavy atom. The standard InChI is InChI=1S/C40H83N3/c1-3-5-7-9-11-13-15-17-19-21-23-25-27-29-31-33-35-41-37-39-43-40-38-42-36-34-32-30-28-26-24-22-20-18-16-14-12-10-8-6-4-2/h17,19,41-43H,3-16,18,20-40H2,1-2H3. The van der Waals surface area contributed by atoms with Gasteiger partial charge in [0, 0.05) is 26.2 Å². The highest BCUT2D eigenvalue weighted by atomic mass is 15.0. The number of nitrogens with one attached hydrogen (secondary N) is 3. The van der Waals surface area contributed by atoms with Crippen molar-refractivity contribution in [3.8, 4) is 0 Å². The third-order valence-corrected chi connectivity index (χ3v) is 9.03. The van der Waals surface area contributed by atoms with Crippen molar-refractivity contribution in [2.45, 2.75) is 206 Å². The molecule has 0 radical (unpaired) electrons. The van der Waals surface area contributed by atoms with E-state index in [-0.39, 0.29) is 0 Å². The molecule has 0 bridgehead atoms. The first-order valence-corrected chi connectivity index (χ1v) is 20.2. The van der Waals surface area contributed by atoms with Gasteiger partial charge in [-0.05, 0) is 51.6 Å². The summed E-state index contributed by atoms with van der Waals surface area (Å²) in [6.07, 6.45) is 47.4. The maximum absolute atomic E-state index is 3.61. The second kappa shape index (κ2) is 41.6. The van der Waals surface area contributed by atoms with Crippen LogP contribution in [0.5, 0.6) is 0 Å². The SMILES string of the molecule is CCCCCCCCC=CCCCCCCCCNCCNCCNCCCCCCCCCCCCCCCCCC. The number of unbranched alkanes of at least 4 members (excludes halogenated alkanes) is 27. The van der Waals surface area contributed by atoms with Crippen LogP contribution in [0.1, 0.15) is 206 Å². The Morgan fingerprint density at radius 1 is 0.256 bits per heavy atom. The minimum Gasteiger partial charge on any atom is -0.315 e. The first-order chi connectivity index (χ1) is 21.4. The van der Waals surface area contributed by atoms with Crippen molar-refractivity contribution in [1.29, 1.82) is 0 Å². The maximum atomic E-state index is 3.61. The zero-order valence-electron chi connectivity index (χ0n) is 30.1. The molecule has 0 aromatic rings. The lowest BCUT2D eigenvalue weighted by Gasteiger charge is -2.08. The molecule has 0 aromatic heterocycles. The second-order valence-electron chi connectivity index (χ2n) is 13.5. The molecule has 0 atom stereocenters. The van der Waals surface area contributed by atoms with Crippen molar-refractivity contribution in [3.63, 3.8) is 0 Å². The highest BCUT2D eigenvalue weighted by Crippen LogP contribution is 2.14. The predicted octanol–water partition coefficient (Wildman–Crippen LogP) is 12.1. The van der Waals surface area contributed by atoms with E-state index in [1.54, 1.807) is 0 Å². The van der Waals surface area contributed by atoms with Gasteiger partial charge in [-0.3, -0.25) is 0 Å². The van der Waals surface area contributed by atoms with Gasteiger partial charge in [-0.1, -0.05) is 180 Å². The van der Waals surface area contributed by atoms with Gasteiger partial charge >= 0.3 is 0 Å². The minimum absolute atomic E-state index is 1.09. The van der Waals surface area contributed by atoms with Crippen LogP contribution in [-0.2, 0) is 0 Å². The molecule has 0 heterocycles. The summed E-state index contributed by atoms with van der Waals surface area (Å²) < 4.78 is 0. The van der Waals surface area contributed by atoms with E-state index in [1.807, 2.05) is 0 Å². The van der Waals surface area contributed by atoms with Crippen LogP contribution in [-0.4, -0.2) is 39.3 Å². The van der Waals surface area contributed by atoms with E-state index < -0.39 is 0 Å². The maximum Gasteiger partial charge on any atom is 0.00772 e. The molecule has 0 amide bonds. The third-order valence-electron chi connectivity index (χ3n) is 9.03. The first kappa shape index (κ1) is 42.6.